The van der Waals surface area contributed by atoms with Gasteiger partial charge in [-0.25, -0.2) is 0 Å². The molecule has 13 rings (SSSR count). The maximum atomic E-state index is 6.96. The van der Waals surface area contributed by atoms with Crippen molar-refractivity contribution in [2.24, 2.45) is 0 Å². The highest BCUT2D eigenvalue weighted by atomic mass is 32.1. The number of hydrogen-bond donors (Lipinski definition) is 0. The van der Waals surface area contributed by atoms with Crippen LogP contribution in [0, 0.1) is 0 Å². The van der Waals surface area contributed by atoms with Crippen LogP contribution in [0.15, 0.2) is 223 Å². The van der Waals surface area contributed by atoms with Crippen molar-refractivity contribution in [1.29, 1.82) is 0 Å². The van der Waals surface area contributed by atoms with Crippen LogP contribution in [0.4, 0.5) is 17.1 Å². The van der Waals surface area contributed by atoms with Crippen LogP contribution in [-0.4, -0.2) is 4.57 Å². The minimum Gasteiger partial charge on any atom is -0.455 e. The summed E-state index contributed by atoms with van der Waals surface area (Å²) in [5.41, 5.74) is 12.9. The second kappa shape index (κ2) is 13.8. The molecule has 3 nitrogen and oxygen atoms in total. The molecule has 0 atom stereocenters. The van der Waals surface area contributed by atoms with E-state index in [2.05, 4.69) is 228 Å². The number of benzene rings is 10. The van der Waals surface area contributed by atoms with Gasteiger partial charge in [0.1, 0.15) is 11.2 Å². The fraction of sp³-hybridized carbons (Fsp3) is 0. The number of rotatable bonds is 6. The predicted molar refractivity (Wildman–Crippen MR) is 264 cm³/mol. The average molecular weight is 809 g/mol. The Morgan fingerprint density at radius 2 is 1.03 bits per heavy atom. The van der Waals surface area contributed by atoms with Gasteiger partial charge < -0.3 is 13.9 Å². The second-order valence-corrected chi connectivity index (χ2v) is 17.1. The van der Waals surface area contributed by atoms with Crippen LogP contribution in [0.25, 0.3) is 103 Å². The molecule has 0 bridgehead atoms. The van der Waals surface area contributed by atoms with Crippen LogP contribution in [-0.2, 0) is 0 Å². The maximum Gasteiger partial charge on any atom is 0.145 e. The van der Waals surface area contributed by atoms with E-state index >= 15 is 0 Å². The summed E-state index contributed by atoms with van der Waals surface area (Å²) < 4.78 is 12.0. The largest absolute Gasteiger partial charge is 0.455 e. The minimum absolute atomic E-state index is 0.862. The number of hydrogen-bond acceptors (Lipinski definition) is 3. The smallest absolute Gasteiger partial charge is 0.145 e. The van der Waals surface area contributed by atoms with Gasteiger partial charge in [0.05, 0.1) is 22.4 Å². The van der Waals surface area contributed by atoms with Crippen LogP contribution < -0.4 is 4.90 Å². The molecule has 0 spiro atoms. The number of nitrogens with zero attached hydrogens (tertiary/aromatic N) is 2. The molecule has 0 saturated heterocycles. The summed E-state index contributed by atoms with van der Waals surface area (Å²) in [6.07, 6.45) is 0. The van der Waals surface area contributed by atoms with E-state index < -0.39 is 0 Å². The Kier molecular flexibility index (Phi) is 7.78. The molecule has 0 amide bonds. The monoisotopic (exact) mass is 808 g/mol. The Morgan fingerprint density at radius 3 is 1.85 bits per heavy atom. The molecule has 0 fully saturated rings. The third-order valence-corrected chi connectivity index (χ3v) is 13.7. The van der Waals surface area contributed by atoms with E-state index in [0.29, 0.717) is 0 Å². The maximum absolute atomic E-state index is 6.96. The molecular formula is C58H36N2OS. The van der Waals surface area contributed by atoms with E-state index in [4.69, 9.17) is 4.42 Å². The number of thiophene rings is 1. The van der Waals surface area contributed by atoms with Gasteiger partial charge in [0.25, 0.3) is 0 Å². The first-order valence-corrected chi connectivity index (χ1v) is 21.9. The number of furan rings is 1. The number of fused-ring (bicyclic) bond motifs is 10. The molecule has 0 saturated carbocycles. The molecule has 13 aromatic rings. The number of para-hydroxylation sites is 3. The van der Waals surface area contributed by atoms with Gasteiger partial charge >= 0.3 is 0 Å². The molecule has 0 aliphatic rings. The highest BCUT2D eigenvalue weighted by Crippen LogP contribution is 2.49. The van der Waals surface area contributed by atoms with Gasteiger partial charge in [0.15, 0.2) is 0 Å². The Balaban J connectivity index is 1.05. The first-order chi connectivity index (χ1) is 30.7. The van der Waals surface area contributed by atoms with E-state index in [1.165, 1.54) is 63.9 Å². The molecule has 62 heavy (non-hydrogen) atoms. The molecule has 0 aliphatic carbocycles. The topological polar surface area (TPSA) is 21.3 Å². The van der Waals surface area contributed by atoms with E-state index in [1.54, 1.807) is 0 Å². The average Bonchev–Trinajstić information content (AvgIpc) is 4.01. The molecule has 3 aromatic heterocycles. The van der Waals surface area contributed by atoms with Gasteiger partial charge in [-0.2, -0.15) is 0 Å². The highest BCUT2D eigenvalue weighted by molar-refractivity contribution is 7.25. The van der Waals surface area contributed by atoms with Crippen LogP contribution in [0.1, 0.15) is 0 Å². The van der Waals surface area contributed by atoms with Gasteiger partial charge in [-0.3, -0.25) is 0 Å². The number of aromatic nitrogens is 1. The molecule has 0 N–H and O–H groups in total. The predicted octanol–water partition coefficient (Wildman–Crippen LogP) is 17.0. The summed E-state index contributed by atoms with van der Waals surface area (Å²) in [7, 11) is 0. The van der Waals surface area contributed by atoms with Crippen LogP contribution in [0.3, 0.4) is 0 Å². The molecule has 0 unspecified atom stereocenters. The quantitative estimate of drug-likeness (QED) is 0.167. The van der Waals surface area contributed by atoms with Gasteiger partial charge in [-0.1, -0.05) is 140 Å². The van der Waals surface area contributed by atoms with Crippen molar-refractivity contribution in [3.8, 4) is 27.9 Å². The zero-order valence-corrected chi connectivity index (χ0v) is 34.3. The van der Waals surface area contributed by atoms with Gasteiger partial charge in [0.2, 0.25) is 0 Å². The highest BCUT2D eigenvalue weighted by Gasteiger charge is 2.25. The van der Waals surface area contributed by atoms with Gasteiger partial charge in [-0.15, -0.1) is 11.3 Å². The molecule has 0 aliphatic heterocycles. The third kappa shape index (κ3) is 5.37. The Hall–Kier alpha value is -7.92. The van der Waals surface area contributed by atoms with Crippen molar-refractivity contribution < 1.29 is 4.42 Å². The summed E-state index contributed by atoms with van der Waals surface area (Å²) in [5, 5.41) is 9.63. The molecule has 3 heterocycles. The van der Waals surface area contributed by atoms with E-state index in [0.717, 1.165) is 55.8 Å². The van der Waals surface area contributed by atoms with Crippen LogP contribution >= 0.6 is 11.3 Å². The molecular weight excluding hydrogens is 773 g/mol. The van der Waals surface area contributed by atoms with E-state index in [-0.39, 0.29) is 0 Å². The minimum atomic E-state index is 0.862. The molecule has 290 valence electrons. The molecule has 10 aromatic carbocycles. The normalized spacial score (nSPS) is 11.9. The van der Waals surface area contributed by atoms with Crippen molar-refractivity contribution >= 4 is 103 Å². The Labute approximate surface area is 361 Å². The first-order valence-electron chi connectivity index (χ1n) is 21.1. The summed E-state index contributed by atoms with van der Waals surface area (Å²) >= 11 is 1.85. The Morgan fingerprint density at radius 1 is 0.387 bits per heavy atom. The van der Waals surface area contributed by atoms with Crippen LogP contribution in [0.5, 0.6) is 0 Å². The lowest BCUT2D eigenvalue weighted by molar-refractivity contribution is 0.670. The van der Waals surface area contributed by atoms with Crippen molar-refractivity contribution in [2.45, 2.75) is 0 Å². The van der Waals surface area contributed by atoms with Crippen molar-refractivity contribution in [1.82, 2.24) is 4.57 Å². The zero-order chi connectivity index (χ0) is 40.7. The fourth-order valence-corrected chi connectivity index (χ4v) is 10.9. The van der Waals surface area contributed by atoms with E-state index in [1.807, 2.05) is 11.3 Å². The lowest BCUT2D eigenvalue weighted by atomic mass is 9.97. The second-order valence-electron chi connectivity index (χ2n) is 16.0. The van der Waals surface area contributed by atoms with Crippen molar-refractivity contribution in [3.05, 3.63) is 218 Å². The van der Waals surface area contributed by atoms with Crippen molar-refractivity contribution in [3.63, 3.8) is 0 Å². The molecule has 0 radical (unpaired) electrons. The third-order valence-electron chi connectivity index (χ3n) is 12.6. The number of anilines is 3. The molecule has 4 heteroatoms. The van der Waals surface area contributed by atoms with Crippen LogP contribution in [0.2, 0.25) is 0 Å². The lowest BCUT2D eigenvalue weighted by Gasteiger charge is -2.29. The van der Waals surface area contributed by atoms with E-state index in [9.17, 15) is 0 Å². The summed E-state index contributed by atoms with van der Waals surface area (Å²) in [6, 6.07) is 79.2. The van der Waals surface area contributed by atoms with Gasteiger partial charge in [0, 0.05) is 64.0 Å². The Bertz CT molecular complexity index is 3830. The zero-order valence-electron chi connectivity index (χ0n) is 33.5. The summed E-state index contributed by atoms with van der Waals surface area (Å²) in [4.78, 5) is 2.43. The van der Waals surface area contributed by atoms with Crippen molar-refractivity contribution in [2.75, 3.05) is 4.90 Å². The summed E-state index contributed by atoms with van der Waals surface area (Å²) in [6.45, 7) is 0. The lowest BCUT2D eigenvalue weighted by Crippen LogP contribution is -2.12. The first kappa shape index (κ1) is 34.9. The van der Waals surface area contributed by atoms with Gasteiger partial charge in [-0.05, 0) is 101 Å². The SMILES string of the molecule is c1cc(-c2c(N(c3ccc(-c4ccc5sc6ccccc6c5c4)cc3)c3cccc4ccccc34)ccc3c2oc2ccccc23)cc(-n2c3ccccc3c3ccccc32)c1. The summed E-state index contributed by atoms with van der Waals surface area (Å²) in [5.74, 6) is 0. The standard InChI is InChI=1S/C58H36N2OS/c1-2-17-43-38(13-1)14-12-24-50(43)59(41-30-27-37(28-31-41)39-29-34-56-49(36-39)47-21-6-10-26-55(47)62-56)53-33-32-48-46-20-5-9-25-54(46)61-58(48)57(53)40-15-11-16-42(35-40)60-51-22-7-3-18-44(51)45-19-4-8-23-52(45)60/h1-36H. The fourth-order valence-electron chi connectivity index (χ4n) is 9.76.